The van der Waals surface area contributed by atoms with Crippen molar-refractivity contribution in [3.05, 3.63) is 63.7 Å². The molecule has 1 aliphatic rings. The van der Waals surface area contributed by atoms with E-state index in [0.29, 0.717) is 11.6 Å². The van der Waals surface area contributed by atoms with Gasteiger partial charge in [0.05, 0.1) is 6.61 Å². The molecule has 2 aromatic rings. The van der Waals surface area contributed by atoms with Gasteiger partial charge in [0.2, 0.25) is 0 Å². The van der Waals surface area contributed by atoms with E-state index < -0.39 is 6.10 Å². The monoisotopic (exact) mass is 274 g/mol. The summed E-state index contributed by atoms with van der Waals surface area (Å²) in [6.45, 7) is 2.63. The minimum absolute atomic E-state index is 0.671. The van der Waals surface area contributed by atoms with Crippen LogP contribution in [-0.2, 0) is 6.42 Å². The van der Waals surface area contributed by atoms with E-state index in [1.807, 2.05) is 43.3 Å². The summed E-state index contributed by atoms with van der Waals surface area (Å²) < 4.78 is 5.63. The van der Waals surface area contributed by atoms with Crippen molar-refractivity contribution >= 4 is 11.6 Å². The zero-order chi connectivity index (χ0) is 13.4. The molecule has 0 spiro atoms. The van der Waals surface area contributed by atoms with Crippen LogP contribution in [-0.4, -0.2) is 11.7 Å². The molecule has 0 aromatic heterocycles. The molecule has 0 aliphatic carbocycles. The maximum absolute atomic E-state index is 10.5. The minimum Gasteiger partial charge on any atom is -0.493 e. The number of para-hydroxylation sites is 1. The van der Waals surface area contributed by atoms with Crippen molar-refractivity contribution < 1.29 is 9.84 Å². The van der Waals surface area contributed by atoms with E-state index in [-0.39, 0.29) is 0 Å². The van der Waals surface area contributed by atoms with Crippen LogP contribution in [0.5, 0.6) is 5.75 Å². The number of halogens is 1. The molecule has 3 heteroatoms. The highest BCUT2D eigenvalue weighted by Crippen LogP contribution is 2.36. The zero-order valence-corrected chi connectivity index (χ0v) is 11.4. The third kappa shape index (κ3) is 2.22. The Morgan fingerprint density at radius 3 is 2.89 bits per heavy atom. The van der Waals surface area contributed by atoms with Gasteiger partial charge in [0.25, 0.3) is 0 Å². The maximum Gasteiger partial charge on any atom is 0.128 e. The molecule has 2 nitrogen and oxygen atoms in total. The fourth-order valence-corrected chi connectivity index (χ4v) is 2.60. The number of hydrogen-bond acceptors (Lipinski definition) is 2. The van der Waals surface area contributed by atoms with E-state index in [2.05, 4.69) is 0 Å². The summed E-state index contributed by atoms with van der Waals surface area (Å²) in [5.74, 6) is 0.826. The van der Waals surface area contributed by atoms with Crippen LogP contribution < -0.4 is 4.74 Å². The van der Waals surface area contributed by atoms with Crippen molar-refractivity contribution in [3.8, 4) is 5.75 Å². The lowest BCUT2D eigenvalue weighted by atomic mass is 9.97. The molecule has 1 unspecified atom stereocenters. The molecule has 0 fully saturated rings. The Kier molecular flexibility index (Phi) is 3.21. The van der Waals surface area contributed by atoms with Crippen LogP contribution in [0.15, 0.2) is 36.4 Å². The summed E-state index contributed by atoms with van der Waals surface area (Å²) in [5, 5.41) is 11.2. The average Bonchev–Trinajstić information content (AvgIpc) is 2.89. The molecule has 0 bridgehead atoms. The van der Waals surface area contributed by atoms with Crippen LogP contribution in [0.3, 0.4) is 0 Å². The summed E-state index contributed by atoms with van der Waals surface area (Å²) in [7, 11) is 0. The third-order valence-corrected chi connectivity index (χ3v) is 3.96. The molecular weight excluding hydrogens is 260 g/mol. The number of aliphatic hydroxyl groups excluding tert-OH is 1. The highest BCUT2D eigenvalue weighted by Gasteiger charge is 2.22. The first kappa shape index (κ1) is 12.5. The van der Waals surface area contributed by atoms with E-state index in [9.17, 15) is 5.11 Å². The Labute approximate surface area is 117 Å². The molecule has 19 heavy (non-hydrogen) atoms. The lowest BCUT2D eigenvalue weighted by molar-refractivity contribution is 0.213. The highest BCUT2D eigenvalue weighted by molar-refractivity contribution is 6.31. The number of aliphatic hydroxyl groups is 1. The average molecular weight is 275 g/mol. The summed E-state index contributed by atoms with van der Waals surface area (Å²) >= 11 is 6.12. The van der Waals surface area contributed by atoms with Gasteiger partial charge in [-0.2, -0.15) is 0 Å². The highest BCUT2D eigenvalue weighted by atomic mass is 35.5. The number of rotatable bonds is 2. The second kappa shape index (κ2) is 4.87. The lowest BCUT2D eigenvalue weighted by Gasteiger charge is -2.15. The van der Waals surface area contributed by atoms with Crippen LogP contribution in [0, 0.1) is 6.92 Å². The van der Waals surface area contributed by atoms with Gasteiger partial charge in [-0.15, -0.1) is 0 Å². The van der Waals surface area contributed by atoms with Crippen molar-refractivity contribution in [2.45, 2.75) is 19.4 Å². The molecular formula is C16H15ClO2. The molecule has 0 amide bonds. The minimum atomic E-state index is -0.703. The largest absolute Gasteiger partial charge is 0.493 e. The van der Waals surface area contributed by atoms with Gasteiger partial charge in [-0.3, -0.25) is 0 Å². The normalized spacial score (nSPS) is 14.9. The second-order valence-electron chi connectivity index (χ2n) is 4.85. The maximum atomic E-state index is 10.5. The predicted octanol–water partition coefficient (Wildman–Crippen LogP) is 3.67. The van der Waals surface area contributed by atoms with Crippen LogP contribution in [0.1, 0.15) is 28.4 Å². The smallest absolute Gasteiger partial charge is 0.128 e. The van der Waals surface area contributed by atoms with Crippen molar-refractivity contribution in [2.75, 3.05) is 6.61 Å². The first-order valence-electron chi connectivity index (χ1n) is 6.35. The Hall–Kier alpha value is -1.51. The molecule has 3 rings (SSSR count). The fraction of sp³-hybridized carbons (Fsp3) is 0.250. The quantitative estimate of drug-likeness (QED) is 0.905. The van der Waals surface area contributed by atoms with Crippen LogP contribution in [0.2, 0.25) is 5.02 Å². The Morgan fingerprint density at radius 1 is 1.26 bits per heavy atom. The molecule has 2 aromatic carbocycles. The zero-order valence-electron chi connectivity index (χ0n) is 10.7. The van der Waals surface area contributed by atoms with Gasteiger partial charge in [0, 0.05) is 17.0 Å². The van der Waals surface area contributed by atoms with Gasteiger partial charge in [-0.1, -0.05) is 41.9 Å². The summed E-state index contributed by atoms with van der Waals surface area (Å²) in [4.78, 5) is 0. The Balaban J connectivity index is 2.02. The van der Waals surface area contributed by atoms with E-state index in [1.54, 1.807) is 0 Å². The van der Waals surface area contributed by atoms with Crippen LogP contribution in [0.4, 0.5) is 0 Å². The summed E-state index contributed by atoms with van der Waals surface area (Å²) in [5.41, 5.74) is 3.77. The van der Waals surface area contributed by atoms with Crippen molar-refractivity contribution in [2.24, 2.45) is 0 Å². The summed E-state index contributed by atoms with van der Waals surface area (Å²) in [6.07, 6.45) is 0.205. The number of fused-ring (bicyclic) bond motifs is 1. The molecule has 0 radical (unpaired) electrons. The van der Waals surface area contributed by atoms with E-state index in [0.717, 1.165) is 34.4 Å². The van der Waals surface area contributed by atoms with Crippen LogP contribution >= 0.6 is 11.6 Å². The van der Waals surface area contributed by atoms with E-state index in [4.69, 9.17) is 16.3 Å². The molecule has 0 saturated heterocycles. The van der Waals surface area contributed by atoms with Gasteiger partial charge in [-0.25, -0.2) is 0 Å². The molecule has 1 heterocycles. The lowest BCUT2D eigenvalue weighted by Crippen LogP contribution is -2.02. The number of ether oxygens (including phenoxy) is 1. The standard InChI is InChI=1S/C16H15ClO2/c1-10-5-6-12(9-14(10)17)15(18)13-4-2-3-11-7-8-19-16(11)13/h2-6,9,15,18H,7-8H2,1H3. The number of benzene rings is 2. The topological polar surface area (TPSA) is 29.5 Å². The molecule has 1 aliphatic heterocycles. The first-order valence-corrected chi connectivity index (χ1v) is 6.73. The SMILES string of the molecule is Cc1ccc(C(O)c2cccc3c2OCC3)cc1Cl. The molecule has 0 saturated carbocycles. The van der Waals surface area contributed by atoms with Gasteiger partial charge >= 0.3 is 0 Å². The van der Waals surface area contributed by atoms with Gasteiger partial charge in [-0.05, 0) is 29.7 Å². The molecule has 1 N–H and O–H groups in total. The number of aryl methyl sites for hydroxylation is 1. The van der Waals surface area contributed by atoms with Crippen molar-refractivity contribution in [3.63, 3.8) is 0 Å². The van der Waals surface area contributed by atoms with Gasteiger partial charge in [0.15, 0.2) is 0 Å². The first-order chi connectivity index (χ1) is 9.16. The van der Waals surface area contributed by atoms with E-state index >= 15 is 0 Å². The molecule has 98 valence electrons. The predicted molar refractivity (Wildman–Crippen MR) is 75.9 cm³/mol. The Morgan fingerprint density at radius 2 is 2.11 bits per heavy atom. The van der Waals surface area contributed by atoms with Crippen LogP contribution in [0.25, 0.3) is 0 Å². The third-order valence-electron chi connectivity index (χ3n) is 3.55. The van der Waals surface area contributed by atoms with E-state index in [1.165, 1.54) is 0 Å². The fourth-order valence-electron chi connectivity index (χ4n) is 2.41. The van der Waals surface area contributed by atoms with Gasteiger partial charge < -0.3 is 9.84 Å². The van der Waals surface area contributed by atoms with Crippen molar-refractivity contribution in [1.29, 1.82) is 0 Å². The van der Waals surface area contributed by atoms with Crippen molar-refractivity contribution in [1.82, 2.24) is 0 Å². The number of hydrogen-bond donors (Lipinski definition) is 1. The summed E-state index contributed by atoms with van der Waals surface area (Å²) in [6, 6.07) is 11.5. The second-order valence-corrected chi connectivity index (χ2v) is 5.25. The van der Waals surface area contributed by atoms with Gasteiger partial charge in [0.1, 0.15) is 11.9 Å². The molecule has 1 atom stereocenters. The Bertz CT molecular complexity index is 622.